The SMILES string of the molecule is CCN(CC)c1cc(N)nc(-c2ccccc2)n1. The van der Waals surface area contributed by atoms with Gasteiger partial charge in [-0.15, -0.1) is 0 Å². The van der Waals surface area contributed by atoms with Gasteiger partial charge in [-0.1, -0.05) is 30.3 Å². The maximum absolute atomic E-state index is 5.87. The minimum atomic E-state index is 0.505. The molecule has 4 heteroatoms. The fraction of sp³-hybridized carbons (Fsp3) is 0.286. The molecule has 1 aromatic heterocycles. The number of benzene rings is 1. The van der Waals surface area contributed by atoms with Crippen molar-refractivity contribution in [3.05, 3.63) is 36.4 Å². The highest BCUT2D eigenvalue weighted by Crippen LogP contribution is 2.20. The lowest BCUT2D eigenvalue weighted by molar-refractivity contribution is 0.844. The number of nitrogens with zero attached hydrogens (tertiary/aromatic N) is 3. The van der Waals surface area contributed by atoms with Crippen LogP contribution < -0.4 is 10.6 Å². The Hall–Kier alpha value is -2.10. The minimum Gasteiger partial charge on any atom is -0.384 e. The summed E-state index contributed by atoms with van der Waals surface area (Å²) >= 11 is 0. The van der Waals surface area contributed by atoms with Crippen molar-refractivity contribution in [2.24, 2.45) is 0 Å². The van der Waals surface area contributed by atoms with Crippen LogP contribution >= 0.6 is 0 Å². The number of rotatable bonds is 4. The van der Waals surface area contributed by atoms with E-state index in [0.717, 1.165) is 24.5 Å². The maximum atomic E-state index is 5.87. The average molecular weight is 242 g/mol. The van der Waals surface area contributed by atoms with E-state index in [2.05, 4.69) is 28.7 Å². The summed E-state index contributed by atoms with van der Waals surface area (Å²) in [6.45, 7) is 6.01. The molecule has 2 rings (SSSR count). The first-order chi connectivity index (χ1) is 8.74. The fourth-order valence-corrected chi connectivity index (χ4v) is 1.88. The second-order valence-corrected chi connectivity index (χ2v) is 4.01. The first-order valence-corrected chi connectivity index (χ1v) is 6.19. The van der Waals surface area contributed by atoms with Crippen LogP contribution in [0.25, 0.3) is 11.4 Å². The molecule has 0 radical (unpaired) electrons. The number of nitrogens with two attached hydrogens (primary N) is 1. The maximum Gasteiger partial charge on any atom is 0.163 e. The van der Waals surface area contributed by atoms with E-state index in [1.165, 1.54) is 0 Å². The molecule has 94 valence electrons. The summed E-state index contributed by atoms with van der Waals surface area (Å²) in [6, 6.07) is 11.7. The number of hydrogen-bond acceptors (Lipinski definition) is 4. The highest BCUT2D eigenvalue weighted by atomic mass is 15.2. The Morgan fingerprint density at radius 3 is 2.33 bits per heavy atom. The lowest BCUT2D eigenvalue weighted by Gasteiger charge is -2.20. The van der Waals surface area contributed by atoms with E-state index >= 15 is 0 Å². The second-order valence-electron chi connectivity index (χ2n) is 4.01. The molecule has 0 fully saturated rings. The second kappa shape index (κ2) is 5.49. The topological polar surface area (TPSA) is 55.0 Å². The van der Waals surface area contributed by atoms with Gasteiger partial charge >= 0.3 is 0 Å². The van der Waals surface area contributed by atoms with Crippen molar-refractivity contribution in [3.63, 3.8) is 0 Å². The van der Waals surface area contributed by atoms with Crippen molar-refractivity contribution >= 4 is 11.6 Å². The Kier molecular flexibility index (Phi) is 3.77. The third kappa shape index (κ3) is 2.59. The summed E-state index contributed by atoms with van der Waals surface area (Å²) in [6.07, 6.45) is 0. The fourth-order valence-electron chi connectivity index (χ4n) is 1.88. The molecule has 0 amide bonds. The van der Waals surface area contributed by atoms with Gasteiger partial charge in [-0.2, -0.15) is 0 Å². The Balaban J connectivity index is 2.44. The molecule has 0 aliphatic carbocycles. The Labute approximate surface area is 107 Å². The summed E-state index contributed by atoms with van der Waals surface area (Å²) < 4.78 is 0. The van der Waals surface area contributed by atoms with Crippen molar-refractivity contribution in [1.82, 2.24) is 9.97 Å². The minimum absolute atomic E-state index is 0.505. The van der Waals surface area contributed by atoms with Crippen molar-refractivity contribution in [2.75, 3.05) is 23.7 Å². The van der Waals surface area contributed by atoms with Crippen molar-refractivity contribution < 1.29 is 0 Å². The van der Waals surface area contributed by atoms with E-state index < -0.39 is 0 Å². The zero-order valence-electron chi connectivity index (χ0n) is 10.8. The summed E-state index contributed by atoms with van der Waals surface area (Å²) in [4.78, 5) is 11.0. The monoisotopic (exact) mass is 242 g/mol. The van der Waals surface area contributed by atoms with Crippen LogP contribution in [0, 0.1) is 0 Å². The smallest absolute Gasteiger partial charge is 0.163 e. The zero-order chi connectivity index (χ0) is 13.0. The van der Waals surface area contributed by atoms with Gasteiger partial charge < -0.3 is 10.6 Å². The molecule has 18 heavy (non-hydrogen) atoms. The quantitative estimate of drug-likeness (QED) is 0.895. The van der Waals surface area contributed by atoms with Crippen LogP contribution in [0.1, 0.15) is 13.8 Å². The predicted octanol–water partition coefficient (Wildman–Crippen LogP) is 2.57. The van der Waals surface area contributed by atoms with Crippen molar-refractivity contribution in [3.8, 4) is 11.4 Å². The van der Waals surface area contributed by atoms with Crippen LogP contribution in [-0.2, 0) is 0 Å². The van der Waals surface area contributed by atoms with Crippen molar-refractivity contribution in [1.29, 1.82) is 0 Å². The largest absolute Gasteiger partial charge is 0.384 e. The molecule has 0 bridgehead atoms. The van der Waals surface area contributed by atoms with Gasteiger partial charge in [0.05, 0.1) is 0 Å². The van der Waals surface area contributed by atoms with Gasteiger partial charge in [0, 0.05) is 24.7 Å². The summed E-state index contributed by atoms with van der Waals surface area (Å²) in [5, 5.41) is 0. The van der Waals surface area contributed by atoms with Crippen LogP contribution in [0.2, 0.25) is 0 Å². The van der Waals surface area contributed by atoms with E-state index in [0.29, 0.717) is 11.6 Å². The third-order valence-electron chi connectivity index (χ3n) is 2.85. The predicted molar refractivity (Wildman–Crippen MR) is 75.4 cm³/mol. The Bertz CT molecular complexity index is 506. The average Bonchev–Trinajstić information content (AvgIpc) is 2.40. The van der Waals surface area contributed by atoms with Crippen LogP contribution in [0.4, 0.5) is 11.6 Å². The van der Waals surface area contributed by atoms with Gasteiger partial charge in [0.25, 0.3) is 0 Å². The van der Waals surface area contributed by atoms with Crippen LogP contribution in [-0.4, -0.2) is 23.1 Å². The standard InChI is InChI=1S/C14H18N4/c1-3-18(4-2)13-10-12(15)16-14(17-13)11-8-6-5-7-9-11/h5-10H,3-4H2,1-2H3,(H2,15,16,17). The number of anilines is 2. The van der Waals surface area contributed by atoms with Crippen LogP contribution in [0.3, 0.4) is 0 Å². The molecule has 1 aromatic carbocycles. The summed E-state index contributed by atoms with van der Waals surface area (Å²) in [5.74, 6) is 2.06. The first kappa shape index (κ1) is 12.4. The first-order valence-electron chi connectivity index (χ1n) is 6.19. The lowest BCUT2D eigenvalue weighted by atomic mass is 10.2. The molecular formula is C14H18N4. The van der Waals surface area contributed by atoms with Crippen molar-refractivity contribution in [2.45, 2.75) is 13.8 Å². The molecule has 0 aliphatic heterocycles. The molecular weight excluding hydrogens is 224 g/mol. The van der Waals surface area contributed by atoms with E-state index in [4.69, 9.17) is 5.73 Å². The number of hydrogen-bond donors (Lipinski definition) is 1. The van der Waals surface area contributed by atoms with E-state index in [1.807, 2.05) is 36.4 Å². The summed E-state index contributed by atoms with van der Waals surface area (Å²) in [5.41, 5.74) is 6.85. The van der Waals surface area contributed by atoms with Crippen LogP contribution in [0.15, 0.2) is 36.4 Å². The Morgan fingerprint density at radius 2 is 1.72 bits per heavy atom. The highest BCUT2D eigenvalue weighted by Gasteiger charge is 2.08. The van der Waals surface area contributed by atoms with Gasteiger partial charge in [0.2, 0.25) is 0 Å². The normalized spacial score (nSPS) is 10.3. The third-order valence-corrected chi connectivity index (χ3v) is 2.85. The summed E-state index contributed by atoms with van der Waals surface area (Å²) in [7, 11) is 0. The van der Waals surface area contributed by atoms with Gasteiger partial charge in [-0.05, 0) is 13.8 Å². The van der Waals surface area contributed by atoms with Gasteiger partial charge in [0.1, 0.15) is 11.6 Å². The molecule has 0 saturated carbocycles. The van der Waals surface area contributed by atoms with Gasteiger partial charge in [-0.25, -0.2) is 9.97 Å². The highest BCUT2D eigenvalue weighted by molar-refractivity contribution is 5.60. The van der Waals surface area contributed by atoms with Crippen LogP contribution in [0.5, 0.6) is 0 Å². The van der Waals surface area contributed by atoms with E-state index in [-0.39, 0.29) is 0 Å². The molecule has 0 spiro atoms. The molecule has 0 saturated heterocycles. The van der Waals surface area contributed by atoms with Gasteiger partial charge in [-0.3, -0.25) is 0 Å². The molecule has 0 unspecified atom stereocenters. The lowest BCUT2D eigenvalue weighted by Crippen LogP contribution is -2.23. The molecule has 4 nitrogen and oxygen atoms in total. The zero-order valence-corrected chi connectivity index (χ0v) is 10.8. The van der Waals surface area contributed by atoms with E-state index in [1.54, 1.807) is 0 Å². The molecule has 0 aliphatic rings. The van der Waals surface area contributed by atoms with E-state index in [9.17, 15) is 0 Å². The molecule has 0 atom stereocenters. The molecule has 1 heterocycles. The van der Waals surface area contributed by atoms with Gasteiger partial charge in [0.15, 0.2) is 5.82 Å². The number of nitrogen functional groups attached to an aromatic ring is 1. The Morgan fingerprint density at radius 1 is 1.06 bits per heavy atom. The number of aromatic nitrogens is 2. The molecule has 2 N–H and O–H groups in total. The molecule has 2 aromatic rings.